The van der Waals surface area contributed by atoms with Crippen molar-refractivity contribution in [3.63, 3.8) is 0 Å². The summed E-state index contributed by atoms with van der Waals surface area (Å²) in [5.74, 6) is 0.153. The Balaban J connectivity index is 2.88. The zero-order chi connectivity index (χ0) is 12.3. The Bertz CT molecular complexity index is 479. The summed E-state index contributed by atoms with van der Waals surface area (Å²) >= 11 is 4.74. The van der Waals surface area contributed by atoms with Crippen molar-refractivity contribution >= 4 is 33.2 Å². The molecule has 16 heavy (non-hydrogen) atoms. The number of nitrogens with zero attached hydrogens (tertiary/aromatic N) is 1. The minimum absolute atomic E-state index is 0.0657. The Morgan fingerprint density at radius 2 is 2.25 bits per heavy atom. The van der Waals surface area contributed by atoms with Crippen molar-refractivity contribution in [1.29, 1.82) is 0 Å². The van der Waals surface area contributed by atoms with Crippen LogP contribution in [0.3, 0.4) is 0 Å². The molecule has 0 atom stereocenters. The lowest BCUT2D eigenvalue weighted by Crippen LogP contribution is -2.35. The number of nitrogens with two attached hydrogens (primary N) is 1. The molecule has 1 aromatic heterocycles. The molecular formula is C7H13N5O2S2. The average Bonchev–Trinajstić information content (AvgIpc) is 2.48. The van der Waals surface area contributed by atoms with Crippen LogP contribution < -0.4 is 15.2 Å². The van der Waals surface area contributed by atoms with E-state index in [4.69, 9.17) is 18.0 Å². The van der Waals surface area contributed by atoms with Crippen LogP contribution in [0.15, 0.2) is 6.20 Å². The van der Waals surface area contributed by atoms with E-state index >= 15 is 0 Å². The molecule has 0 fully saturated rings. The fraction of sp³-hybridized carbons (Fsp3) is 0.429. The second-order valence-corrected chi connectivity index (χ2v) is 5.29. The van der Waals surface area contributed by atoms with E-state index in [-0.39, 0.29) is 16.8 Å². The van der Waals surface area contributed by atoms with Gasteiger partial charge >= 0.3 is 10.2 Å². The van der Waals surface area contributed by atoms with Gasteiger partial charge in [0.25, 0.3) is 0 Å². The Morgan fingerprint density at radius 1 is 1.62 bits per heavy atom. The maximum absolute atomic E-state index is 11.5. The van der Waals surface area contributed by atoms with E-state index in [1.165, 1.54) is 6.20 Å². The first-order chi connectivity index (χ1) is 7.32. The summed E-state index contributed by atoms with van der Waals surface area (Å²) in [4.78, 5) is 0.0657. The average molecular weight is 263 g/mol. The number of nitrogens with one attached hydrogen (secondary N) is 3. The summed E-state index contributed by atoms with van der Waals surface area (Å²) in [7, 11) is -3.65. The highest BCUT2D eigenvalue weighted by molar-refractivity contribution is 7.90. The second kappa shape index (κ2) is 4.76. The third-order valence-corrected chi connectivity index (χ3v) is 3.01. The lowest BCUT2D eigenvalue weighted by Gasteiger charge is -2.10. The van der Waals surface area contributed by atoms with Crippen molar-refractivity contribution in [2.24, 2.45) is 5.73 Å². The molecule has 0 aromatic carbocycles. The first kappa shape index (κ1) is 12.9. The van der Waals surface area contributed by atoms with E-state index in [2.05, 4.69) is 19.6 Å². The van der Waals surface area contributed by atoms with Crippen LogP contribution in [0.5, 0.6) is 0 Å². The highest BCUT2D eigenvalue weighted by Gasteiger charge is 2.16. The number of thiocarbonyl (C=S) groups is 1. The monoisotopic (exact) mass is 263 g/mol. The minimum atomic E-state index is -3.65. The number of aromatic amines is 1. The maximum atomic E-state index is 11.5. The molecule has 0 amide bonds. The number of hydrogen-bond donors (Lipinski definition) is 4. The third-order valence-electron chi connectivity index (χ3n) is 1.53. The molecule has 1 aromatic rings. The largest absolute Gasteiger partial charge is 0.389 e. The van der Waals surface area contributed by atoms with Gasteiger partial charge < -0.3 is 5.73 Å². The van der Waals surface area contributed by atoms with E-state index in [0.717, 1.165) is 0 Å². The van der Waals surface area contributed by atoms with Gasteiger partial charge in [0.2, 0.25) is 0 Å². The summed E-state index contributed by atoms with van der Waals surface area (Å²) in [5.41, 5.74) is 5.75. The summed E-state index contributed by atoms with van der Waals surface area (Å²) < 4.78 is 27.7. The Labute approximate surface area is 99.0 Å². The molecule has 0 aliphatic rings. The second-order valence-electron chi connectivity index (χ2n) is 3.40. The van der Waals surface area contributed by atoms with Gasteiger partial charge in [-0.3, -0.25) is 9.82 Å². The number of rotatable bonds is 5. The van der Waals surface area contributed by atoms with Gasteiger partial charge in [0.15, 0.2) is 0 Å². The molecule has 0 saturated carbocycles. The molecule has 0 aliphatic carbocycles. The maximum Gasteiger partial charge on any atom is 0.300 e. The minimum Gasteiger partial charge on any atom is -0.389 e. The van der Waals surface area contributed by atoms with Crippen molar-refractivity contribution in [2.45, 2.75) is 19.9 Å². The van der Waals surface area contributed by atoms with Gasteiger partial charge in [0.05, 0.1) is 11.8 Å². The molecule has 0 aliphatic heterocycles. The van der Waals surface area contributed by atoms with Crippen molar-refractivity contribution in [2.75, 3.05) is 4.72 Å². The standard InChI is InChI=1S/C7H13N5O2S2/c1-4(2)11-16(13,14)12-7-5(6(8)15)3-9-10-7/h3-4,11H,1-2H3,(H2,8,15)(H2,9,10,12). The molecule has 5 N–H and O–H groups in total. The zero-order valence-corrected chi connectivity index (χ0v) is 10.4. The van der Waals surface area contributed by atoms with Gasteiger partial charge in [-0.05, 0) is 13.8 Å². The van der Waals surface area contributed by atoms with E-state index in [1.54, 1.807) is 13.8 Å². The number of hydrogen-bond acceptors (Lipinski definition) is 4. The molecule has 0 radical (unpaired) electrons. The van der Waals surface area contributed by atoms with Crippen molar-refractivity contribution in [3.05, 3.63) is 11.8 Å². The van der Waals surface area contributed by atoms with Gasteiger partial charge in [-0.2, -0.15) is 18.2 Å². The SMILES string of the molecule is CC(C)NS(=O)(=O)Nc1[nH]ncc1C(N)=S. The molecule has 0 spiro atoms. The molecule has 0 saturated heterocycles. The fourth-order valence-corrected chi connectivity index (χ4v) is 2.28. The zero-order valence-electron chi connectivity index (χ0n) is 8.81. The van der Waals surface area contributed by atoms with Crippen LogP contribution in [-0.4, -0.2) is 29.6 Å². The summed E-state index contributed by atoms with van der Waals surface area (Å²) in [5, 5.41) is 6.13. The molecule has 7 nitrogen and oxygen atoms in total. The van der Waals surface area contributed by atoms with Crippen LogP contribution >= 0.6 is 12.2 Å². The molecule has 90 valence electrons. The van der Waals surface area contributed by atoms with Crippen LogP contribution in [0, 0.1) is 0 Å². The highest BCUT2D eigenvalue weighted by Crippen LogP contribution is 2.11. The Hall–Kier alpha value is -1.19. The lowest BCUT2D eigenvalue weighted by molar-refractivity contribution is 0.575. The van der Waals surface area contributed by atoms with Crippen LogP contribution in [0.2, 0.25) is 0 Å². The predicted molar refractivity (Wildman–Crippen MR) is 65.3 cm³/mol. The summed E-state index contributed by atoms with van der Waals surface area (Å²) in [6.45, 7) is 3.42. The van der Waals surface area contributed by atoms with Gasteiger partial charge in [-0.25, -0.2) is 0 Å². The van der Waals surface area contributed by atoms with E-state index in [0.29, 0.717) is 5.56 Å². The van der Waals surface area contributed by atoms with Crippen LogP contribution in [0.4, 0.5) is 5.82 Å². The molecule has 1 heterocycles. The van der Waals surface area contributed by atoms with E-state index in [1.807, 2.05) is 0 Å². The quantitative estimate of drug-likeness (QED) is 0.545. The van der Waals surface area contributed by atoms with Gasteiger partial charge in [-0.1, -0.05) is 12.2 Å². The normalized spacial score (nSPS) is 11.7. The fourth-order valence-electron chi connectivity index (χ4n) is 1.02. The van der Waals surface area contributed by atoms with Crippen molar-refractivity contribution in [3.8, 4) is 0 Å². The first-order valence-electron chi connectivity index (χ1n) is 4.45. The molecule has 1 rings (SSSR count). The molecule has 9 heteroatoms. The Kier molecular flexibility index (Phi) is 3.83. The summed E-state index contributed by atoms with van der Waals surface area (Å²) in [6, 6.07) is -0.214. The number of aromatic nitrogens is 2. The van der Waals surface area contributed by atoms with E-state index < -0.39 is 10.2 Å². The summed E-state index contributed by atoms with van der Waals surface area (Å²) in [6.07, 6.45) is 1.36. The molecular weight excluding hydrogens is 250 g/mol. The van der Waals surface area contributed by atoms with E-state index in [9.17, 15) is 8.42 Å². The topological polar surface area (TPSA) is 113 Å². The van der Waals surface area contributed by atoms with Crippen LogP contribution in [0.1, 0.15) is 19.4 Å². The van der Waals surface area contributed by atoms with Crippen LogP contribution in [-0.2, 0) is 10.2 Å². The van der Waals surface area contributed by atoms with Gasteiger partial charge in [0.1, 0.15) is 10.8 Å². The highest BCUT2D eigenvalue weighted by atomic mass is 32.2. The predicted octanol–water partition coefficient (Wildman–Crippen LogP) is -0.301. The molecule has 0 unspecified atom stereocenters. The van der Waals surface area contributed by atoms with Crippen molar-refractivity contribution in [1.82, 2.24) is 14.9 Å². The Morgan fingerprint density at radius 3 is 2.75 bits per heavy atom. The smallest absolute Gasteiger partial charge is 0.300 e. The number of H-pyrrole nitrogens is 1. The number of anilines is 1. The first-order valence-corrected chi connectivity index (χ1v) is 6.34. The van der Waals surface area contributed by atoms with Gasteiger partial charge in [-0.15, -0.1) is 0 Å². The van der Waals surface area contributed by atoms with Crippen LogP contribution in [0.25, 0.3) is 0 Å². The lowest BCUT2D eigenvalue weighted by atomic mass is 10.3. The van der Waals surface area contributed by atoms with Crippen molar-refractivity contribution < 1.29 is 8.42 Å². The third kappa shape index (κ3) is 3.43. The molecule has 0 bridgehead atoms. The van der Waals surface area contributed by atoms with Gasteiger partial charge in [0, 0.05) is 6.04 Å².